The number of nitro groups is 1. The maximum Gasteiger partial charge on any atom is 0.413 e. The first-order valence-corrected chi connectivity index (χ1v) is 5.08. The van der Waals surface area contributed by atoms with Crippen LogP contribution in [0.3, 0.4) is 0 Å². The number of nitro benzene ring substituents is 1. The average molecular weight is 299 g/mol. The highest BCUT2D eigenvalue weighted by molar-refractivity contribution is 5.35. The highest BCUT2D eigenvalue weighted by atomic mass is 19.4. The van der Waals surface area contributed by atoms with E-state index in [1.165, 1.54) is 0 Å². The number of rotatable bonds is 3. The van der Waals surface area contributed by atoms with Crippen molar-refractivity contribution in [3.8, 4) is 0 Å². The zero-order valence-electron chi connectivity index (χ0n) is 9.63. The van der Waals surface area contributed by atoms with Crippen LogP contribution in [0.1, 0.15) is 5.56 Å². The predicted molar refractivity (Wildman–Crippen MR) is 57.0 cm³/mol. The molecular formula is C11H7F6NO2. The Morgan fingerprint density at radius 2 is 1.60 bits per heavy atom. The maximum absolute atomic E-state index is 12.5. The van der Waals surface area contributed by atoms with Gasteiger partial charge in [0, 0.05) is 30.2 Å². The molecule has 0 atom stereocenters. The minimum Gasteiger partial charge on any atom is -0.258 e. The largest absolute Gasteiger partial charge is 0.413 e. The Morgan fingerprint density at radius 3 is 1.95 bits per heavy atom. The summed E-state index contributed by atoms with van der Waals surface area (Å²) in [7, 11) is 0. The van der Waals surface area contributed by atoms with Gasteiger partial charge in [-0.15, -0.1) is 0 Å². The lowest BCUT2D eigenvalue weighted by molar-refractivity contribution is -0.384. The summed E-state index contributed by atoms with van der Waals surface area (Å²) in [6, 6.07) is 3.82. The van der Waals surface area contributed by atoms with Gasteiger partial charge in [0.15, 0.2) is 0 Å². The summed E-state index contributed by atoms with van der Waals surface area (Å²) in [4.78, 5) is 9.58. The number of non-ortho nitro benzene ring substituents is 1. The molecule has 0 aliphatic carbocycles. The third-order valence-corrected chi connectivity index (χ3v) is 2.24. The number of halogens is 6. The molecule has 9 heteroatoms. The van der Waals surface area contributed by atoms with E-state index in [1.807, 2.05) is 0 Å². The number of allylic oxidation sites excluding steroid dienone is 2. The molecule has 0 saturated heterocycles. The fraction of sp³-hybridized carbons (Fsp3) is 0.273. The van der Waals surface area contributed by atoms with Crippen molar-refractivity contribution in [1.82, 2.24) is 0 Å². The standard InChI is InChI=1S/C11H7F6NO2/c12-10(13,14)6-8(11(15,16)17)5-7-1-3-9(4-2-7)18(19)20/h1-4,6H,5H2/b8-6-. The molecule has 1 aromatic carbocycles. The quantitative estimate of drug-likeness (QED) is 0.363. The van der Waals surface area contributed by atoms with Gasteiger partial charge in [-0.2, -0.15) is 26.3 Å². The fourth-order valence-corrected chi connectivity index (χ4v) is 1.39. The minimum absolute atomic E-state index is 0.108. The molecule has 0 aliphatic heterocycles. The first kappa shape index (κ1) is 16.0. The molecule has 0 fully saturated rings. The molecule has 20 heavy (non-hydrogen) atoms. The van der Waals surface area contributed by atoms with Crippen LogP contribution >= 0.6 is 0 Å². The second-order valence-electron chi connectivity index (χ2n) is 3.81. The van der Waals surface area contributed by atoms with Crippen LogP contribution in [-0.2, 0) is 6.42 Å². The molecule has 0 radical (unpaired) electrons. The molecule has 3 nitrogen and oxygen atoms in total. The number of nitrogens with zero attached hydrogens (tertiary/aromatic N) is 1. The van der Waals surface area contributed by atoms with Crippen LogP contribution < -0.4 is 0 Å². The zero-order valence-corrected chi connectivity index (χ0v) is 9.63. The molecule has 110 valence electrons. The molecule has 1 rings (SSSR count). The van der Waals surface area contributed by atoms with Crippen molar-refractivity contribution >= 4 is 5.69 Å². The Kier molecular flexibility index (Phi) is 4.41. The molecule has 0 aliphatic rings. The highest BCUT2D eigenvalue weighted by Crippen LogP contribution is 2.32. The Hall–Kier alpha value is -2.06. The van der Waals surface area contributed by atoms with Gasteiger partial charge < -0.3 is 0 Å². The normalized spacial score (nSPS) is 13.4. The summed E-state index contributed by atoms with van der Waals surface area (Å²) in [6.07, 6.45) is -12.0. The summed E-state index contributed by atoms with van der Waals surface area (Å²) in [5.74, 6) is 0. The topological polar surface area (TPSA) is 43.1 Å². The lowest BCUT2D eigenvalue weighted by Crippen LogP contribution is -2.18. The molecule has 0 unspecified atom stereocenters. The van der Waals surface area contributed by atoms with E-state index in [0.29, 0.717) is 0 Å². The second kappa shape index (κ2) is 5.51. The van der Waals surface area contributed by atoms with Crippen molar-refractivity contribution in [3.05, 3.63) is 51.6 Å². The molecule has 0 spiro atoms. The zero-order chi connectivity index (χ0) is 15.6. The summed E-state index contributed by atoms with van der Waals surface area (Å²) in [6.45, 7) is 0. The molecule has 0 amide bonds. The number of alkyl halides is 6. The van der Waals surface area contributed by atoms with E-state index in [9.17, 15) is 36.5 Å². The van der Waals surface area contributed by atoms with Gasteiger partial charge in [0.05, 0.1) is 4.92 Å². The Balaban J connectivity index is 3.02. The molecule has 1 aromatic rings. The number of hydrogen-bond acceptors (Lipinski definition) is 2. The SMILES string of the molecule is O=[N+]([O-])c1ccc(C/C(=C/C(F)(F)F)C(F)(F)F)cc1. The van der Waals surface area contributed by atoms with Gasteiger partial charge in [-0.05, 0) is 5.56 Å². The van der Waals surface area contributed by atoms with Gasteiger partial charge >= 0.3 is 12.4 Å². The van der Waals surface area contributed by atoms with Crippen molar-refractivity contribution in [2.24, 2.45) is 0 Å². The van der Waals surface area contributed by atoms with Crippen LogP contribution in [0, 0.1) is 10.1 Å². The molecule has 0 heterocycles. The van der Waals surface area contributed by atoms with Crippen LogP contribution in [0.25, 0.3) is 0 Å². The summed E-state index contributed by atoms with van der Waals surface area (Å²) in [5.41, 5.74) is -2.23. The lowest BCUT2D eigenvalue weighted by Gasteiger charge is -2.13. The molecule has 0 bridgehead atoms. The molecule has 0 N–H and O–H groups in total. The molecule has 0 saturated carbocycles. The van der Waals surface area contributed by atoms with Gasteiger partial charge in [-0.1, -0.05) is 12.1 Å². The lowest BCUT2D eigenvalue weighted by atomic mass is 10.0. The molecular weight excluding hydrogens is 292 g/mol. The minimum atomic E-state index is -5.13. The first-order valence-electron chi connectivity index (χ1n) is 5.08. The smallest absolute Gasteiger partial charge is 0.258 e. The second-order valence-corrected chi connectivity index (χ2v) is 3.81. The third-order valence-electron chi connectivity index (χ3n) is 2.24. The number of hydrogen-bond donors (Lipinski definition) is 0. The van der Waals surface area contributed by atoms with Crippen LogP contribution in [-0.4, -0.2) is 17.3 Å². The highest BCUT2D eigenvalue weighted by Gasteiger charge is 2.38. The van der Waals surface area contributed by atoms with Gasteiger partial charge in [0.2, 0.25) is 0 Å². The van der Waals surface area contributed by atoms with E-state index in [2.05, 4.69) is 0 Å². The predicted octanol–water partition coefficient (Wildman–Crippen LogP) is 4.19. The van der Waals surface area contributed by atoms with E-state index in [-0.39, 0.29) is 11.3 Å². The molecule has 0 aromatic heterocycles. The monoisotopic (exact) mass is 299 g/mol. The van der Waals surface area contributed by atoms with Gasteiger partial charge in [-0.3, -0.25) is 10.1 Å². The summed E-state index contributed by atoms with van der Waals surface area (Å²) < 4.78 is 73.5. The van der Waals surface area contributed by atoms with Crippen LogP contribution in [0.4, 0.5) is 32.0 Å². The van der Waals surface area contributed by atoms with Gasteiger partial charge in [-0.25, -0.2) is 0 Å². The average Bonchev–Trinajstić information content (AvgIpc) is 2.25. The van der Waals surface area contributed by atoms with Crippen LogP contribution in [0.15, 0.2) is 35.9 Å². The maximum atomic E-state index is 12.5. The van der Waals surface area contributed by atoms with E-state index in [4.69, 9.17) is 0 Å². The third kappa shape index (κ3) is 4.90. The van der Waals surface area contributed by atoms with Gasteiger partial charge in [0.25, 0.3) is 5.69 Å². The van der Waals surface area contributed by atoms with E-state index < -0.39 is 35.3 Å². The van der Waals surface area contributed by atoms with Crippen molar-refractivity contribution in [2.75, 3.05) is 0 Å². The van der Waals surface area contributed by atoms with Crippen LogP contribution in [0.2, 0.25) is 0 Å². The van der Waals surface area contributed by atoms with E-state index in [0.717, 1.165) is 24.3 Å². The summed E-state index contributed by atoms with van der Waals surface area (Å²) in [5, 5.41) is 10.3. The van der Waals surface area contributed by atoms with E-state index in [1.54, 1.807) is 0 Å². The Bertz CT molecular complexity index is 515. The Labute approximate surface area is 108 Å². The van der Waals surface area contributed by atoms with Crippen molar-refractivity contribution in [1.29, 1.82) is 0 Å². The number of benzene rings is 1. The van der Waals surface area contributed by atoms with Crippen LogP contribution in [0.5, 0.6) is 0 Å². The first-order chi connectivity index (χ1) is 8.99. The summed E-state index contributed by atoms with van der Waals surface area (Å²) >= 11 is 0. The van der Waals surface area contributed by atoms with Crippen molar-refractivity contribution in [3.63, 3.8) is 0 Å². The van der Waals surface area contributed by atoms with Crippen molar-refractivity contribution < 1.29 is 31.3 Å². The van der Waals surface area contributed by atoms with Crippen molar-refractivity contribution in [2.45, 2.75) is 18.8 Å². The fourth-order valence-electron chi connectivity index (χ4n) is 1.39. The Morgan fingerprint density at radius 1 is 1.10 bits per heavy atom. The van der Waals surface area contributed by atoms with Gasteiger partial charge in [0.1, 0.15) is 0 Å². The van der Waals surface area contributed by atoms with E-state index >= 15 is 0 Å².